The Morgan fingerprint density at radius 1 is 1.09 bits per heavy atom. The first-order chi connectivity index (χ1) is 11.2. The van der Waals surface area contributed by atoms with Gasteiger partial charge in [0.2, 0.25) is 0 Å². The summed E-state index contributed by atoms with van der Waals surface area (Å²) >= 11 is 0. The maximum absolute atomic E-state index is 5.30. The molecule has 8 heteroatoms. The van der Waals surface area contributed by atoms with Crippen LogP contribution in [0.2, 0.25) is 0 Å². The summed E-state index contributed by atoms with van der Waals surface area (Å²) in [5, 5.41) is 16.7. The van der Waals surface area contributed by atoms with Gasteiger partial charge in [-0.1, -0.05) is 5.16 Å². The van der Waals surface area contributed by atoms with Gasteiger partial charge in [-0.3, -0.25) is 4.90 Å². The largest absolute Gasteiger partial charge is 0.360 e. The predicted molar refractivity (Wildman–Crippen MR) is 84.2 cm³/mol. The fourth-order valence-electron chi connectivity index (χ4n) is 2.90. The maximum Gasteiger partial charge on any atom is 0.178 e. The van der Waals surface area contributed by atoms with Gasteiger partial charge in [0.05, 0.1) is 12.2 Å². The summed E-state index contributed by atoms with van der Waals surface area (Å²) in [4.78, 5) is 4.67. The maximum atomic E-state index is 5.30. The van der Waals surface area contributed by atoms with Gasteiger partial charge in [-0.05, 0) is 26.0 Å². The number of piperazine rings is 1. The average molecular weight is 313 g/mol. The van der Waals surface area contributed by atoms with Crippen molar-refractivity contribution in [2.75, 3.05) is 31.1 Å². The molecule has 4 heterocycles. The second-order valence-electron chi connectivity index (χ2n) is 5.91. The van der Waals surface area contributed by atoms with Gasteiger partial charge in [0.25, 0.3) is 0 Å². The zero-order valence-electron chi connectivity index (χ0n) is 13.3. The van der Waals surface area contributed by atoms with E-state index in [-0.39, 0.29) is 0 Å². The average Bonchev–Trinajstić information content (AvgIpc) is 3.14. The molecule has 3 aromatic heterocycles. The van der Waals surface area contributed by atoms with E-state index in [1.54, 1.807) is 4.52 Å². The van der Waals surface area contributed by atoms with Gasteiger partial charge < -0.3 is 9.42 Å². The molecule has 0 N–H and O–H groups in total. The fraction of sp³-hybridized carbons (Fsp3) is 0.467. The molecule has 120 valence electrons. The molecule has 8 nitrogen and oxygen atoms in total. The van der Waals surface area contributed by atoms with Crippen molar-refractivity contribution in [2.45, 2.75) is 20.4 Å². The van der Waals surface area contributed by atoms with E-state index < -0.39 is 0 Å². The van der Waals surface area contributed by atoms with Crippen LogP contribution in [-0.4, -0.2) is 56.0 Å². The lowest BCUT2D eigenvalue weighted by molar-refractivity contribution is 0.219. The Balaban J connectivity index is 1.42. The predicted octanol–water partition coefficient (Wildman–Crippen LogP) is 1.05. The lowest BCUT2D eigenvalue weighted by atomic mass is 10.3. The minimum atomic E-state index is 0.783. The van der Waals surface area contributed by atoms with Crippen LogP contribution < -0.4 is 4.90 Å². The Morgan fingerprint density at radius 2 is 1.91 bits per heavy atom. The van der Waals surface area contributed by atoms with Gasteiger partial charge in [-0.15, -0.1) is 15.3 Å². The van der Waals surface area contributed by atoms with Crippen LogP contribution >= 0.6 is 0 Å². The molecule has 0 radical (unpaired) electrons. The molecule has 0 aromatic carbocycles. The number of aryl methyl sites for hydroxylation is 2. The molecule has 1 fully saturated rings. The van der Waals surface area contributed by atoms with Crippen molar-refractivity contribution in [3.8, 4) is 0 Å². The van der Waals surface area contributed by atoms with Crippen molar-refractivity contribution in [1.82, 2.24) is 29.9 Å². The number of nitrogens with zero attached hydrogens (tertiary/aromatic N) is 7. The molecular weight excluding hydrogens is 294 g/mol. The Bertz CT molecular complexity index is 816. The number of hydrogen-bond donors (Lipinski definition) is 0. The second-order valence-corrected chi connectivity index (χ2v) is 5.91. The lowest BCUT2D eigenvalue weighted by Crippen LogP contribution is -2.46. The van der Waals surface area contributed by atoms with E-state index in [4.69, 9.17) is 4.52 Å². The van der Waals surface area contributed by atoms with Gasteiger partial charge in [-0.25, -0.2) is 0 Å². The molecule has 1 aliphatic rings. The molecular formula is C15H19N7O. The van der Waals surface area contributed by atoms with Crippen LogP contribution in [-0.2, 0) is 6.54 Å². The third kappa shape index (κ3) is 2.77. The first-order valence-electron chi connectivity index (χ1n) is 7.77. The number of fused-ring (bicyclic) bond motifs is 1. The highest BCUT2D eigenvalue weighted by Gasteiger charge is 2.20. The first-order valence-corrected chi connectivity index (χ1v) is 7.77. The van der Waals surface area contributed by atoms with Gasteiger partial charge in [-0.2, -0.15) is 4.52 Å². The first kappa shape index (κ1) is 14.1. The second kappa shape index (κ2) is 5.62. The van der Waals surface area contributed by atoms with E-state index >= 15 is 0 Å². The molecule has 0 unspecified atom stereocenters. The third-order valence-electron chi connectivity index (χ3n) is 4.16. The highest BCUT2D eigenvalue weighted by atomic mass is 16.5. The van der Waals surface area contributed by atoms with Crippen LogP contribution in [0.25, 0.3) is 5.65 Å². The summed E-state index contributed by atoms with van der Waals surface area (Å²) in [5.74, 6) is 2.70. The minimum Gasteiger partial charge on any atom is -0.360 e. The monoisotopic (exact) mass is 313 g/mol. The van der Waals surface area contributed by atoms with Gasteiger partial charge >= 0.3 is 0 Å². The molecule has 0 bridgehead atoms. The smallest absolute Gasteiger partial charge is 0.178 e. The molecule has 0 amide bonds. The van der Waals surface area contributed by atoms with Crippen molar-refractivity contribution >= 4 is 11.5 Å². The van der Waals surface area contributed by atoms with Crippen molar-refractivity contribution in [1.29, 1.82) is 0 Å². The van der Waals surface area contributed by atoms with Gasteiger partial charge in [0.15, 0.2) is 17.2 Å². The highest BCUT2D eigenvalue weighted by Crippen LogP contribution is 2.16. The quantitative estimate of drug-likeness (QED) is 0.715. The topological polar surface area (TPSA) is 75.6 Å². The van der Waals surface area contributed by atoms with Gasteiger partial charge in [0.1, 0.15) is 5.82 Å². The number of anilines is 1. The van der Waals surface area contributed by atoms with Gasteiger partial charge in [0, 0.05) is 32.2 Å². The van der Waals surface area contributed by atoms with Crippen LogP contribution in [0.1, 0.15) is 17.3 Å². The number of aromatic nitrogens is 5. The molecule has 4 rings (SSSR count). The summed E-state index contributed by atoms with van der Waals surface area (Å²) < 4.78 is 7.09. The van der Waals surface area contributed by atoms with Crippen LogP contribution in [0, 0.1) is 13.8 Å². The van der Waals surface area contributed by atoms with Crippen molar-refractivity contribution in [3.05, 3.63) is 35.5 Å². The van der Waals surface area contributed by atoms with Crippen molar-refractivity contribution < 1.29 is 4.52 Å². The van der Waals surface area contributed by atoms with E-state index in [1.807, 2.05) is 32.0 Å². The standard InChI is InChI=1S/C15H19N7O/c1-11-9-13(23-19-11)10-20-5-7-21(8-6-20)15-4-3-14-17-16-12(2)22(14)18-15/h3-4,9H,5-8,10H2,1-2H3. The summed E-state index contributed by atoms with van der Waals surface area (Å²) in [6.45, 7) is 8.49. The third-order valence-corrected chi connectivity index (χ3v) is 4.16. The molecule has 0 saturated carbocycles. The van der Waals surface area contributed by atoms with Crippen LogP contribution in [0.3, 0.4) is 0 Å². The number of hydrogen-bond acceptors (Lipinski definition) is 7. The van der Waals surface area contributed by atoms with E-state index in [0.717, 1.165) is 61.5 Å². The fourth-order valence-corrected chi connectivity index (χ4v) is 2.90. The van der Waals surface area contributed by atoms with Crippen LogP contribution in [0.15, 0.2) is 22.7 Å². The molecule has 0 spiro atoms. The Hall–Kier alpha value is -2.48. The van der Waals surface area contributed by atoms with Crippen LogP contribution in [0.4, 0.5) is 5.82 Å². The summed E-state index contributed by atoms with van der Waals surface area (Å²) in [5.41, 5.74) is 1.71. The van der Waals surface area contributed by atoms with E-state index in [0.29, 0.717) is 0 Å². The van der Waals surface area contributed by atoms with E-state index in [2.05, 4.69) is 30.3 Å². The van der Waals surface area contributed by atoms with E-state index in [9.17, 15) is 0 Å². The highest BCUT2D eigenvalue weighted by molar-refractivity contribution is 5.46. The number of rotatable bonds is 3. The molecule has 3 aromatic rings. The zero-order chi connectivity index (χ0) is 15.8. The molecule has 0 atom stereocenters. The summed E-state index contributed by atoms with van der Waals surface area (Å²) in [6.07, 6.45) is 0. The zero-order valence-corrected chi connectivity index (χ0v) is 13.3. The minimum absolute atomic E-state index is 0.783. The Labute approximate surface area is 133 Å². The van der Waals surface area contributed by atoms with E-state index in [1.165, 1.54) is 0 Å². The van der Waals surface area contributed by atoms with Crippen molar-refractivity contribution in [2.24, 2.45) is 0 Å². The summed E-state index contributed by atoms with van der Waals surface area (Å²) in [7, 11) is 0. The molecule has 1 aliphatic heterocycles. The van der Waals surface area contributed by atoms with Crippen LogP contribution in [0.5, 0.6) is 0 Å². The SMILES string of the molecule is Cc1cc(CN2CCN(c3ccc4nnc(C)n4n3)CC2)on1. The van der Waals surface area contributed by atoms with Crippen molar-refractivity contribution in [3.63, 3.8) is 0 Å². The molecule has 1 saturated heterocycles. The Kier molecular flexibility index (Phi) is 3.45. The lowest BCUT2D eigenvalue weighted by Gasteiger charge is -2.34. The summed E-state index contributed by atoms with van der Waals surface area (Å²) in [6, 6.07) is 5.97. The normalized spacial score (nSPS) is 16.3. The Morgan fingerprint density at radius 3 is 2.65 bits per heavy atom. The molecule has 0 aliphatic carbocycles. The molecule has 23 heavy (non-hydrogen) atoms.